The molecule has 1 fully saturated rings. The van der Waals surface area contributed by atoms with Crippen LogP contribution in [0.4, 0.5) is 8.78 Å². The van der Waals surface area contributed by atoms with Gasteiger partial charge in [-0.2, -0.15) is 4.98 Å². The Morgan fingerprint density at radius 3 is 2.11 bits per heavy atom. The summed E-state index contributed by atoms with van der Waals surface area (Å²) < 4.78 is 35.4. The smallest absolute Gasteiger partial charge is 0.266 e. The van der Waals surface area contributed by atoms with Gasteiger partial charge >= 0.3 is 0 Å². The number of aliphatic hydroxyl groups excluding tert-OH is 1. The van der Waals surface area contributed by atoms with E-state index in [4.69, 9.17) is 9.47 Å². The van der Waals surface area contributed by atoms with Gasteiger partial charge in [0.25, 0.3) is 5.92 Å². The first kappa shape index (κ1) is 43.5. The zero-order valence-corrected chi connectivity index (χ0v) is 31.2. The largest absolute Gasteiger partial charge is 0.473 e. The monoisotopic (exact) mass is 663 g/mol. The second kappa shape index (κ2) is 23.7. The molecule has 2 heterocycles. The van der Waals surface area contributed by atoms with E-state index in [2.05, 4.69) is 64.5 Å². The van der Waals surface area contributed by atoms with Crippen molar-refractivity contribution < 1.29 is 23.4 Å². The summed E-state index contributed by atoms with van der Waals surface area (Å²) in [5.41, 5.74) is 4.26. The van der Waals surface area contributed by atoms with Crippen LogP contribution in [0, 0.1) is 5.92 Å². The van der Waals surface area contributed by atoms with Crippen molar-refractivity contribution in [3.05, 3.63) is 65.4 Å². The Morgan fingerprint density at radius 1 is 1.13 bits per heavy atom. The molecule has 2 aromatic rings. The lowest BCUT2D eigenvalue weighted by atomic mass is 10.2. The lowest BCUT2D eigenvalue weighted by Crippen LogP contribution is -2.10. The molecule has 9 heteroatoms. The van der Waals surface area contributed by atoms with Crippen LogP contribution in [0.15, 0.2) is 42.6 Å². The van der Waals surface area contributed by atoms with Gasteiger partial charge in [0.15, 0.2) is 5.82 Å². The summed E-state index contributed by atoms with van der Waals surface area (Å²) in [6.07, 6.45) is 13.8. The van der Waals surface area contributed by atoms with Gasteiger partial charge in [-0.05, 0) is 69.0 Å². The standard InChI is InChI=1S/C22H28N3O3P.C6H10F2.C6H14.C3H8/c1-13(2)21-19(29)8-16(10-23-21)11-28-20-9-18(14(3)26)24-22(25-20)17(12-27-4)7-15-5-6-15;1-4-5(2)6(3,7)8;1-3-5-6-4-2;1-3-2/h7-10,14-15,26H,1,5-6,11-12,29H2,2-4H3;4H,1-3H3;3-6H2,1-2H3;3H2,1-2H3/b17-7-;5-4+;;. The highest BCUT2D eigenvalue weighted by Gasteiger charge is 2.22. The lowest BCUT2D eigenvalue weighted by molar-refractivity contribution is 0.0633. The lowest BCUT2D eigenvalue weighted by Gasteiger charge is -2.13. The predicted molar refractivity (Wildman–Crippen MR) is 194 cm³/mol. The summed E-state index contributed by atoms with van der Waals surface area (Å²) >= 11 is 0. The van der Waals surface area contributed by atoms with E-state index in [0.717, 1.165) is 34.6 Å². The number of alkyl halides is 2. The number of allylic oxidation sites excluding steroid dienone is 4. The van der Waals surface area contributed by atoms with Gasteiger partial charge < -0.3 is 14.6 Å². The van der Waals surface area contributed by atoms with E-state index >= 15 is 0 Å². The van der Waals surface area contributed by atoms with Crippen LogP contribution in [0.2, 0.25) is 0 Å². The normalized spacial score (nSPS) is 13.7. The van der Waals surface area contributed by atoms with Crippen molar-refractivity contribution in [2.24, 2.45) is 5.92 Å². The van der Waals surface area contributed by atoms with Crippen molar-refractivity contribution in [1.29, 1.82) is 0 Å². The van der Waals surface area contributed by atoms with Crippen molar-refractivity contribution in [3.63, 3.8) is 0 Å². The SMILES string of the molecule is C/C=C(\C)C(C)(F)F.C=C(C)c1ncc(COc2cc(C(C)O)nc(/C(=C\C3CC3)COC)n2)cc1P.CCC.CCCCCC. The number of hydrogen-bond acceptors (Lipinski definition) is 6. The van der Waals surface area contributed by atoms with Gasteiger partial charge in [-0.25, -0.2) is 13.8 Å². The number of aromatic nitrogens is 3. The summed E-state index contributed by atoms with van der Waals surface area (Å²) in [5, 5.41) is 11.0. The number of halogens is 2. The number of hydrogen-bond donors (Lipinski definition) is 1. The highest BCUT2D eigenvalue weighted by atomic mass is 31.0. The molecule has 0 aromatic carbocycles. The third-order valence-electron chi connectivity index (χ3n) is 6.64. The topological polar surface area (TPSA) is 77.4 Å². The van der Waals surface area contributed by atoms with Gasteiger partial charge in [0, 0.05) is 37.4 Å². The van der Waals surface area contributed by atoms with Crippen LogP contribution in [-0.4, -0.2) is 39.7 Å². The zero-order valence-electron chi connectivity index (χ0n) is 30.1. The molecule has 0 bridgehead atoms. The molecular weight excluding hydrogens is 603 g/mol. The predicted octanol–water partition coefficient (Wildman–Crippen LogP) is 10.1. The number of ether oxygens (including phenoxy) is 2. The van der Waals surface area contributed by atoms with E-state index in [-0.39, 0.29) is 5.57 Å². The first-order valence-electron chi connectivity index (χ1n) is 16.5. The van der Waals surface area contributed by atoms with Crippen molar-refractivity contribution in [3.8, 4) is 5.88 Å². The molecular formula is C37H60F2N3O3P. The Bertz CT molecular complexity index is 1220. The number of rotatable bonds is 13. The molecule has 1 N–H and O–H groups in total. The van der Waals surface area contributed by atoms with Crippen LogP contribution in [0.3, 0.4) is 0 Å². The van der Waals surface area contributed by atoms with E-state index < -0.39 is 12.0 Å². The van der Waals surface area contributed by atoms with Crippen LogP contribution < -0.4 is 10.0 Å². The van der Waals surface area contributed by atoms with Crippen molar-refractivity contribution in [1.82, 2.24) is 15.0 Å². The zero-order chi connectivity index (χ0) is 35.3. The summed E-state index contributed by atoms with van der Waals surface area (Å²) in [7, 11) is 4.33. The van der Waals surface area contributed by atoms with E-state index in [1.54, 1.807) is 33.2 Å². The van der Waals surface area contributed by atoms with Crippen molar-refractivity contribution in [2.75, 3.05) is 13.7 Å². The number of methoxy groups -OCH3 is 1. The van der Waals surface area contributed by atoms with Crippen molar-refractivity contribution >= 4 is 25.7 Å². The van der Waals surface area contributed by atoms with Gasteiger partial charge in [-0.15, -0.1) is 9.24 Å². The fourth-order valence-corrected chi connectivity index (χ4v) is 4.17. The van der Waals surface area contributed by atoms with Gasteiger partial charge in [-0.3, -0.25) is 4.98 Å². The minimum Gasteiger partial charge on any atom is -0.473 e. The second-order valence-electron chi connectivity index (χ2n) is 11.7. The van der Waals surface area contributed by atoms with Crippen LogP contribution in [0.5, 0.6) is 5.88 Å². The van der Waals surface area contributed by atoms with E-state index in [9.17, 15) is 13.9 Å². The summed E-state index contributed by atoms with van der Waals surface area (Å²) in [4.78, 5) is 13.5. The maximum Gasteiger partial charge on any atom is 0.266 e. The molecule has 1 aliphatic rings. The summed E-state index contributed by atoms with van der Waals surface area (Å²) in [6.45, 7) is 20.9. The number of pyridine rings is 1. The molecule has 0 radical (unpaired) electrons. The molecule has 0 amide bonds. The Kier molecular flexibility index (Phi) is 22.4. The minimum atomic E-state index is -2.63. The minimum absolute atomic E-state index is 0.123. The van der Waals surface area contributed by atoms with E-state index in [1.165, 1.54) is 57.9 Å². The summed E-state index contributed by atoms with van der Waals surface area (Å²) in [5.74, 6) is -1.12. The molecule has 2 atom stereocenters. The Balaban J connectivity index is 0.000000981. The van der Waals surface area contributed by atoms with E-state index in [0.29, 0.717) is 36.5 Å². The highest BCUT2D eigenvalue weighted by molar-refractivity contribution is 7.27. The van der Waals surface area contributed by atoms with Gasteiger partial charge in [0.2, 0.25) is 5.88 Å². The third kappa shape index (κ3) is 18.6. The average Bonchev–Trinajstić information content (AvgIpc) is 3.83. The fourth-order valence-electron chi connectivity index (χ4n) is 3.64. The molecule has 0 saturated heterocycles. The van der Waals surface area contributed by atoms with E-state index in [1.807, 2.05) is 13.0 Å². The molecule has 260 valence electrons. The molecule has 2 unspecified atom stereocenters. The van der Waals surface area contributed by atoms with Gasteiger partial charge in [-0.1, -0.05) is 78.5 Å². The first-order chi connectivity index (χ1) is 21.7. The second-order valence-corrected chi connectivity index (χ2v) is 12.3. The maximum absolute atomic E-state index is 12.0. The molecule has 46 heavy (non-hydrogen) atoms. The Morgan fingerprint density at radius 2 is 1.72 bits per heavy atom. The van der Waals surface area contributed by atoms with Crippen LogP contribution >= 0.6 is 9.24 Å². The third-order valence-corrected chi connectivity index (χ3v) is 7.08. The number of nitrogens with zero attached hydrogens (tertiary/aromatic N) is 3. The maximum atomic E-state index is 12.0. The molecule has 2 aromatic heterocycles. The first-order valence-corrected chi connectivity index (χ1v) is 17.1. The van der Waals surface area contributed by atoms with Crippen molar-refractivity contribution in [2.45, 2.75) is 126 Å². The molecule has 6 nitrogen and oxygen atoms in total. The Labute approximate surface area is 280 Å². The molecule has 1 aliphatic carbocycles. The van der Waals surface area contributed by atoms with Crippen LogP contribution in [0.25, 0.3) is 11.1 Å². The number of aliphatic hydroxyl groups is 1. The average molecular weight is 664 g/mol. The van der Waals surface area contributed by atoms with Gasteiger partial charge in [0.1, 0.15) is 6.61 Å². The van der Waals surface area contributed by atoms with Crippen LogP contribution in [0.1, 0.15) is 136 Å². The molecule has 0 aliphatic heterocycles. The number of unbranched alkanes of at least 4 members (excludes halogenated alkanes) is 3. The quantitative estimate of drug-likeness (QED) is 0.131. The Hall–Kier alpha value is -2.54. The molecule has 3 rings (SSSR count). The summed E-state index contributed by atoms with van der Waals surface area (Å²) in [6, 6.07) is 3.68. The fraction of sp³-hybridized carbons (Fsp3) is 0.595. The van der Waals surface area contributed by atoms with Gasteiger partial charge in [0.05, 0.1) is 24.1 Å². The molecule has 1 saturated carbocycles. The molecule has 0 spiro atoms. The highest BCUT2D eigenvalue weighted by Crippen LogP contribution is 2.33. The van der Waals surface area contributed by atoms with Crippen LogP contribution in [-0.2, 0) is 11.3 Å².